The standard InChI is InChI=1S/C66H121NO8/c1-6-8-10-12-14-16-18-20-22-23-24-25-26-27-28-29-30-31-32-33-34-35-36-37-38-39-40-41-43-44-46-48-50-52-54-56-63(68)73-60-62(61-74-66(65(70)71)72-59-58-67(3,4)5)75-64(69)57-55-53-51-49-47-45-42-21-19-17-15-13-11-9-7-2/h9,11,15,17,21,42,47,49,62,66H,6-8,10,12-14,16,18-20,22-41,43-46,48,50-61H2,1-5H3/p+1/b11-9-,17-15-,42-21-,49-47-. The molecule has 2 atom stereocenters. The zero-order valence-electron chi connectivity index (χ0n) is 50.0. The minimum atomic E-state index is -1.52. The first kappa shape index (κ1) is 72.2. The lowest BCUT2D eigenvalue weighted by atomic mass is 10.0. The van der Waals surface area contributed by atoms with Crippen LogP contribution in [-0.2, 0) is 33.3 Å². The third-order valence-corrected chi connectivity index (χ3v) is 14.1. The number of carbonyl (C=O) groups excluding carboxylic acids is 2. The number of esters is 2. The van der Waals surface area contributed by atoms with E-state index in [9.17, 15) is 19.5 Å². The van der Waals surface area contributed by atoms with Gasteiger partial charge in [0, 0.05) is 12.8 Å². The smallest absolute Gasteiger partial charge is 0.361 e. The van der Waals surface area contributed by atoms with E-state index in [2.05, 4.69) is 62.5 Å². The summed E-state index contributed by atoms with van der Waals surface area (Å²) in [5, 5.41) is 9.69. The number of likely N-dealkylation sites (N-methyl/N-ethyl adjacent to an activating group) is 1. The van der Waals surface area contributed by atoms with Crippen molar-refractivity contribution in [2.75, 3.05) is 47.5 Å². The highest BCUT2D eigenvalue weighted by molar-refractivity contribution is 5.71. The van der Waals surface area contributed by atoms with Gasteiger partial charge in [-0.1, -0.05) is 281 Å². The van der Waals surface area contributed by atoms with E-state index in [-0.39, 0.29) is 32.2 Å². The molecule has 0 aromatic heterocycles. The highest BCUT2D eigenvalue weighted by Crippen LogP contribution is 2.18. The minimum Gasteiger partial charge on any atom is -0.477 e. The second-order valence-corrected chi connectivity index (χ2v) is 22.7. The summed E-state index contributed by atoms with van der Waals surface area (Å²) in [6, 6.07) is 0. The van der Waals surface area contributed by atoms with Gasteiger partial charge in [-0.2, -0.15) is 0 Å². The average Bonchev–Trinajstić information content (AvgIpc) is 3.38. The van der Waals surface area contributed by atoms with Crippen molar-refractivity contribution in [3.05, 3.63) is 48.6 Å². The summed E-state index contributed by atoms with van der Waals surface area (Å²) in [5.74, 6) is -2.05. The van der Waals surface area contributed by atoms with Crippen molar-refractivity contribution in [2.45, 2.75) is 309 Å². The molecule has 2 unspecified atom stereocenters. The molecular weight excluding hydrogens is 935 g/mol. The maximum absolute atomic E-state index is 12.8. The van der Waals surface area contributed by atoms with E-state index in [0.29, 0.717) is 23.9 Å². The molecule has 438 valence electrons. The van der Waals surface area contributed by atoms with E-state index in [0.717, 1.165) is 57.8 Å². The van der Waals surface area contributed by atoms with Gasteiger partial charge in [0.05, 0.1) is 34.4 Å². The van der Waals surface area contributed by atoms with Crippen LogP contribution in [-0.4, -0.2) is 87.4 Å². The second-order valence-electron chi connectivity index (χ2n) is 22.7. The fourth-order valence-corrected chi connectivity index (χ4v) is 9.24. The van der Waals surface area contributed by atoms with Crippen molar-refractivity contribution >= 4 is 17.9 Å². The number of unbranched alkanes of at least 4 members (excludes halogenated alkanes) is 36. The largest absolute Gasteiger partial charge is 0.477 e. The fourth-order valence-electron chi connectivity index (χ4n) is 9.24. The molecule has 0 radical (unpaired) electrons. The molecule has 9 nitrogen and oxygen atoms in total. The molecule has 0 aromatic carbocycles. The van der Waals surface area contributed by atoms with Gasteiger partial charge in [0.25, 0.3) is 6.29 Å². The Kier molecular flexibility index (Phi) is 55.3. The molecular formula is C66H122NO8+. The lowest BCUT2D eigenvalue weighted by Gasteiger charge is -2.25. The highest BCUT2D eigenvalue weighted by Gasteiger charge is 2.25. The van der Waals surface area contributed by atoms with Gasteiger partial charge < -0.3 is 28.5 Å². The van der Waals surface area contributed by atoms with Gasteiger partial charge in [-0.15, -0.1) is 0 Å². The number of nitrogens with zero attached hydrogens (tertiary/aromatic N) is 1. The van der Waals surface area contributed by atoms with Crippen LogP contribution in [0.3, 0.4) is 0 Å². The van der Waals surface area contributed by atoms with Crippen molar-refractivity contribution in [2.24, 2.45) is 0 Å². The maximum Gasteiger partial charge on any atom is 0.361 e. The van der Waals surface area contributed by atoms with Crippen LogP contribution in [0.15, 0.2) is 48.6 Å². The van der Waals surface area contributed by atoms with E-state index in [4.69, 9.17) is 18.9 Å². The summed E-state index contributed by atoms with van der Waals surface area (Å²) in [6.45, 7) is 4.75. The van der Waals surface area contributed by atoms with Gasteiger partial charge in [-0.3, -0.25) is 9.59 Å². The SMILES string of the molecule is CC/C=C\C/C=C\C/C=C\C/C=C\CCCCC(=O)OC(COC(=O)CCCCCCCCCCCCCCCCCCCCCCCCCCCCCCCCCCCCC)COC(OCC[N+](C)(C)C)C(=O)O. The molecule has 0 aromatic rings. The first-order chi connectivity index (χ1) is 36.6. The molecule has 0 spiro atoms. The molecule has 1 N–H and O–H groups in total. The van der Waals surface area contributed by atoms with Crippen LogP contribution < -0.4 is 0 Å². The fraction of sp³-hybridized carbons (Fsp3) is 0.833. The lowest BCUT2D eigenvalue weighted by molar-refractivity contribution is -0.870. The van der Waals surface area contributed by atoms with Gasteiger partial charge >= 0.3 is 17.9 Å². The van der Waals surface area contributed by atoms with Crippen LogP contribution in [0, 0.1) is 0 Å². The topological polar surface area (TPSA) is 108 Å². The van der Waals surface area contributed by atoms with Gasteiger partial charge in [-0.25, -0.2) is 4.79 Å². The number of aliphatic carboxylic acids is 1. The minimum absolute atomic E-state index is 0.180. The van der Waals surface area contributed by atoms with Crippen LogP contribution in [0.1, 0.15) is 296 Å². The van der Waals surface area contributed by atoms with Crippen molar-refractivity contribution < 1.29 is 42.9 Å². The Bertz CT molecular complexity index is 1370. The van der Waals surface area contributed by atoms with Crippen molar-refractivity contribution in [1.29, 1.82) is 0 Å². The number of allylic oxidation sites excluding steroid dienone is 8. The van der Waals surface area contributed by atoms with Crippen LogP contribution in [0.2, 0.25) is 0 Å². The lowest BCUT2D eigenvalue weighted by Crippen LogP contribution is -2.40. The van der Waals surface area contributed by atoms with Crippen molar-refractivity contribution in [3.8, 4) is 0 Å². The molecule has 0 heterocycles. The second kappa shape index (κ2) is 57.4. The predicted molar refractivity (Wildman–Crippen MR) is 318 cm³/mol. The molecule has 0 saturated heterocycles. The molecule has 0 aliphatic rings. The van der Waals surface area contributed by atoms with Crippen LogP contribution >= 0.6 is 0 Å². The number of hydrogen-bond acceptors (Lipinski definition) is 7. The summed E-state index contributed by atoms with van der Waals surface area (Å²) in [6.07, 6.45) is 69.6. The molecule has 0 fully saturated rings. The van der Waals surface area contributed by atoms with Gasteiger partial charge in [0.2, 0.25) is 0 Å². The molecule has 0 aliphatic carbocycles. The Morgan fingerprint density at radius 1 is 0.413 bits per heavy atom. The van der Waals surface area contributed by atoms with E-state index in [1.165, 1.54) is 205 Å². The van der Waals surface area contributed by atoms with E-state index in [1.54, 1.807) is 0 Å². The van der Waals surface area contributed by atoms with Crippen LogP contribution in [0.4, 0.5) is 0 Å². The number of rotatable bonds is 59. The number of carbonyl (C=O) groups is 3. The number of hydrogen-bond donors (Lipinski definition) is 1. The number of carboxylic acids is 1. The summed E-state index contributed by atoms with van der Waals surface area (Å²) in [7, 11) is 5.96. The van der Waals surface area contributed by atoms with Gasteiger partial charge in [-0.05, 0) is 51.4 Å². The Morgan fingerprint density at radius 3 is 1.13 bits per heavy atom. The van der Waals surface area contributed by atoms with Crippen LogP contribution in [0.25, 0.3) is 0 Å². The van der Waals surface area contributed by atoms with Gasteiger partial charge in [0.15, 0.2) is 6.10 Å². The monoisotopic (exact) mass is 1060 g/mol. The summed E-state index contributed by atoms with van der Waals surface area (Å²) in [4.78, 5) is 37.4. The zero-order valence-corrected chi connectivity index (χ0v) is 50.0. The molecule has 0 aliphatic heterocycles. The quantitative estimate of drug-likeness (QED) is 0.0211. The average molecular weight is 1060 g/mol. The molecule has 0 bridgehead atoms. The molecule has 0 saturated carbocycles. The molecule has 0 rings (SSSR count). The Hall–Kier alpha value is -2.75. The first-order valence-electron chi connectivity index (χ1n) is 31.8. The van der Waals surface area contributed by atoms with E-state index >= 15 is 0 Å². The zero-order chi connectivity index (χ0) is 54.8. The number of carboxylic acid groups (broad SMARTS) is 1. The third kappa shape index (κ3) is 58.8. The summed E-state index contributed by atoms with van der Waals surface area (Å²) >= 11 is 0. The summed E-state index contributed by atoms with van der Waals surface area (Å²) in [5.41, 5.74) is 0. The van der Waals surface area contributed by atoms with Crippen LogP contribution in [0.5, 0.6) is 0 Å². The molecule has 9 heteroatoms. The van der Waals surface area contributed by atoms with Crippen molar-refractivity contribution in [1.82, 2.24) is 0 Å². The first-order valence-corrected chi connectivity index (χ1v) is 31.8. The normalized spacial score (nSPS) is 13.0. The number of ether oxygens (including phenoxy) is 4. The van der Waals surface area contributed by atoms with E-state index in [1.807, 2.05) is 21.1 Å². The maximum atomic E-state index is 12.8. The van der Waals surface area contributed by atoms with Crippen molar-refractivity contribution in [3.63, 3.8) is 0 Å². The van der Waals surface area contributed by atoms with Gasteiger partial charge in [0.1, 0.15) is 13.2 Å². The summed E-state index contributed by atoms with van der Waals surface area (Å²) < 4.78 is 22.8. The predicted octanol–water partition coefficient (Wildman–Crippen LogP) is 19.0. The highest BCUT2D eigenvalue weighted by atomic mass is 16.7. The van der Waals surface area contributed by atoms with E-state index < -0.39 is 24.3 Å². The third-order valence-electron chi connectivity index (χ3n) is 14.1. The number of quaternary nitrogens is 1. The molecule has 0 amide bonds. The Balaban J connectivity index is 4.00. The Labute approximate surface area is 463 Å². The molecule has 75 heavy (non-hydrogen) atoms. The Morgan fingerprint density at radius 2 is 0.760 bits per heavy atom.